The molecule has 1 aliphatic carbocycles. The van der Waals surface area contributed by atoms with Gasteiger partial charge in [0.2, 0.25) is 5.91 Å². The molecule has 4 aromatic rings. The maximum absolute atomic E-state index is 13.0. The van der Waals surface area contributed by atoms with E-state index in [0.717, 1.165) is 47.0 Å². The highest BCUT2D eigenvalue weighted by molar-refractivity contribution is 5.89. The van der Waals surface area contributed by atoms with E-state index in [2.05, 4.69) is 65.4 Å². The van der Waals surface area contributed by atoms with E-state index in [9.17, 15) is 4.79 Å². The molecule has 1 aliphatic rings. The van der Waals surface area contributed by atoms with Crippen LogP contribution in [0.4, 0.5) is 0 Å². The van der Waals surface area contributed by atoms with Crippen molar-refractivity contribution in [2.45, 2.75) is 45.6 Å². The average Bonchev–Trinajstić information content (AvgIpc) is 3.33. The van der Waals surface area contributed by atoms with Crippen molar-refractivity contribution >= 4 is 16.8 Å². The van der Waals surface area contributed by atoms with Crippen LogP contribution in [0.1, 0.15) is 46.8 Å². The fourth-order valence-corrected chi connectivity index (χ4v) is 4.77. The van der Waals surface area contributed by atoms with Gasteiger partial charge in [-0.2, -0.15) is 5.10 Å². The maximum atomic E-state index is 13.0. The Kier molecular flexibility index (Phi) is 4.89. The largest absolute Gasteiger partial charge is 0.350 e. The number of aryl methyl sites for hydroxylation is 3. The number of amides is 1. The van der Waals surface area contributed by atoms with Gasteiger partial charge in [-0.05, 0) is 68.0 Å². The van der Waals surface area contributed by atoms with Gasteiger partial charge in [0.1, 0.15) is 0 Å². The van der Waals surface area contributed by atoms with Crippen molar-refractivity contribution < 1.29 is 4.79 Å². The van der Waals surface area contributed by atoms with E-state index in [1.54, 1.807) is 0 Å². The van der Waals surface area contributed by atoms with Gasteiger partial charge >= 0.3 is 0 Å². The average molecular weight is 413 g/mol. The van der Waals surface area contributed by atoms with Crippen LogP contribution in [0.2, 0.25) is 0 Å². The molecule has 1 N–H and O–H groups in total. The quantitative estimate of drug-likeness (QED) is 0.527. The molecular weight excluding hydrogens is 384 g/mol. The number of hydrogen-bond donors (Lipinski definition) is 1. The van der Waals surface area contributed by atoms with Gasteiger partial charge < -0.3 is 9.88 Å². The monoisotopic (exact) mass is 412 g/mol. The van der Waals surface area contributed by atoms with Crippen LogP contribution in [0.5, 0.6) is 0 Å². The molecule has 2 aromatic heterocycles. The molecule has 0 radical (unpaired) electrons. The maximum Gasteiger partial charge on any atom is 0.224 e. The predicted molar refractivity (Wildman–Crippen MR) is 123 cm³/mol. The zero-order valence-corrected chi connectivity index (χ0v) is 18.4. The van der Waals surface area contributed by atoms with E-state index in [1.807, 2.05) is 30.1 Å². The molecule has 5 nitrogen and oxygen atoms in total. The lowest BCUT2D eigenvalue weighted by Crippen LogP contribution is -2.32. The van der Waals surface area contributed by atoms with Crippen LogP contribution < -0.4 is 5.32 Å². The van der Waals surface area contributed by atoms with Crippen LogP contribution >= 0.6 is 0 Å². The molecule has 1 atom stereocenters. The molecule has 5 rings (SSSR count). The van der Waals surface area contributed by atoms with Crippen LogP contribution in [0.3, 0.4) is 0 Å². The van der Waals surface area contributed by atoms with Crippen molar-refractivity contribution in [2.75, 3.05) is 0 Å². The highest BCUT2D eigenvalue weighted by atomic mass is 16.1. The Morgan fingerprint density at radius 3 is 2.84 bits per heavy atom. The summed E-state index contributed by atoms with van der Waals surface area (Å²) in [5, 5.41) is 9.11. The Hall–Kier alpha value is -3.34. The van der Waals surface area contributed by atoms with Gasteiger partial charge in [-0.1, -0.05) is 24.3 Å². The summed E-state index contributed by atoms with van der Waals surface area (Å²) < 4.78 is 4.13. The van der Waals surface area contributed by atoms with Gasteiger partial charge in [-0.15, -0.1) is 0 Å². The van der Waals surface area contributed by atoms with E-state index in [0.29, 0.717) is 6.42 Å². The second kappa shape index (κ2) is 7.73. The summed E-state index contributed by atoms with van der Waals surface area (Å²) in [4.78, 5) is 13.0. The summed E-state index contributed by atoms with van der Waals surface area (Å²) in [6.07, 6.45) is 7.37. The molecular formula is C26H28N4O. The van der Waals surface area contributed by atoms with Gasteiger partial charge in [0.25, 0.3) is 0 Å². The molecule has 0 saturated carbocycles. The summed E-state index contributed by atoms with van der Waals surface area (Å²) in [5.41, 5.74) is 8.21. The molecule has 1 amide bonds. The molecule has 31 heavy (non-hydrogen) atoms. The van der Waals surface area contributed by atoms with E-state index in [4.69, 9.17) is 0 Å². The summed E-state index contributed by atoms with van der Waals surface area (Å²) in [5.74, 6) is 0.0631. The second-order valence-electron chi connectivity index (χ2n) is 8.70. The third-order valence-electron chi connectivity index (χ3n) is 6.58. The van der Waals surface area contributed by atoms with Crippen molar-refractivity contribution in [1.29, 1.82) is 0 Å². The van der Waals surface area contributed by atoms with Crippen molar-refractivity contribution in [3.8, 4) is 5.69 Å². The minimum absolute atomic E-state index is 0.0199. The van der Waals surface area contributed by atoms with Gasteiger partial charge in [-0.3, -0.25) is 4.79 Å². The van der Waals surface area contributed by atoms with E-state index in [1.165, 1.54) is 16.8 Å². The number of nitrogens with one attached hydrogen (secondary N) is 1. The van der Waals surface area contributed by atoms with Crippen LogP contribution in [-0.2, 0) is 24.7 Å². The fourth-order valence-electron chi connectivity index (χ4n) is 4.77. The fraction of sp³-hybridized carbons (Fsp3) is 0.308. The Morgan fingerprint density at radius 2 is 2.00 bits per heavy atom. The van der Waals surface area contributed by atoms with E-state index < -0.39 is 0 Å². The van der Waals surface area contributed by atoms with Crippen molar-refractivity contribution in [3.63, 3.8) is 0 Å². The zero-order valence-electron chi connectivity index (χ0n) is 18.4. The van der Waals surface area contributed by atoms with Crippen LogP contribution in [-0.4, -0.2) is 20.3 Å². The summed E-state index contributed by atoms with van der Waals surface area (Å²) in [7, 11) is 2.03. The molecule has 0 spiro atoms. The number of hydrogen-bond acceptors (Lipinski definition) is 2. The summed E-state index contributed by atoms with van der Waals surface area (Å²) in [6.45, 7) is 4.25. The topological polar surface area (TPSA) is 51.9 Å². The normalized spacial score (nSPS) is 15.8. The van der Waals surface area contributed by atoms with Crippen molar-refractivity contribution in [2.24, 2.45) is 7.05 Å². The number of fused-ring (bicyclic) bond motifs is 2. The highest BCUT2D eigenvalue weighted by Crippen LogP contribution is 2.31. The van der Waals surface area contributed by atoms with Crippen molar-refractivity contribution in [1.82, 2.24) is 19.7 Å². The predicted octanol–water partition coefficient (Wildman–Crippen LogP) is 4.72. The first-order chi connectivity index (χ1) is 15.0. The number of carbonyl (C=O) groups excluding carboxylic acids is 1. The molecule has 0 saturated heterocycles. The smallest absolute Gasteiger partial charge is 0.224 e. The molecule has 0 unspecified atom stereocenters. The first-order valence-corrected chi connectivity index (χ1v) is 11.0. The lowest BCUT2D eigenvalue weighted by atomic mass is 9.92. The van der Waals surface area contributed by atoms with Crippen LogP contribution in [0.25, 0.3) is 16.6 Å². The number of nitrogens with zero attached hydrogens (tertiary/aromatic N) is 3. The number of rotatable bonds is 4. The molecule has 0 bridgehead atoms. The van der Waals surface area contributed by atoms with Crippen LogP contribution in [0.15, 0.2) is 54.9 Å². The summed E-state index contributed by atoms with van der Waals surface area (Å²) >= 11 is 0. The van der Waals surface area contributed by atoms with E-state index in [-0.39, 0.29) is 11.9 Å². The number of para-hydroxylation sites is 1. The molecule has 2 heterocycles. The number of carbonyl (C=O) groups is 1. The highest BCUT2D eigenvalue weighted by Gasteiger charge is 2.26. The standard InChI is InChI=1S/C26H28N4O/c1-17-11-12-20(13-18(17)2)30-25-10-6-8-23(22(25)15-27-30)28-26(31)14-19-16-29(3)24-9-5-4-7-21(19)24/h4-5,7,9,11-13,15-16,23H,6,8,10,14H2,1-3H3,(H,28,31)/t23-/m1/s1. The molecule has 0 aliphatic heterocycles. The van der Waals surface area contributed by atoms with E-state index >= 15 is 0 Å². The van der Waals surface area contributed by atoms with Gasteiger partial charge in [0, 0.05) is 35.4 Å². The summed E-state index contributed by atoms with van der Waals surface area (Å²) in [6, 6.07) is 14.7. The minimum atomic E-state index is 0.0199. The Labute approximate surface area is 182 Å². The Balaban J connectivity index is 1.37. The lowest BCUT2D eigenvalue weighted by Gasteiger charge is -2.24. The SMILES string of the molecule is Cc1ccc(-n2ncc3c2CCC[C@H]3NC(=O)Cc2cn(C)c3ccccc23)cc1C. The van der Waals surface area contributed by atoms with Crippen LogP contribution in [0, 0.1) is 13.8 Å². The Morgan fingerprint density at radius 1 is 1.16 bits per heavy atom. The number of aromatic nitrogens is 3. The molecule has 158 valence electrons. The van der Waals surface area contributed by atoms with Crippen molar-refractivity contribution in [3.05, 3.63) is 82.8 Å². The van der Waals surface area contributed by atoms with Gasteiger partial charge in [-0.25, -0.2) is 4.68 Å². The zero-order chi connectivity index (χ0) is 21.5. The first kappa shape index (κ1) is 19.6. The Bertz CT molecular complexity index is 1280. The first-order valence-electron chi connectivity index (χ1n) is 11.0. The van der Waals surface area contributed by atoms with Gasteiger partial charge in [0.05, 0.1) is 24.3 Å². The molecule has 5 heteroatoms. The number of benzene rings is 2. The third-order valence-corrected chi connectivity index (χ3v) is 6.58. The lowest BCUT2D eigenvalue weighted by molar-refractivity contribution is -0.121. The molecule has 0 fully saturated rings. The van der Waals surface area contributed by atoms with Gasteiger partial charge in [0.15, 0.2) is 0 Å². The minimum Gasteiger partial charge on any atom is -0.350 e. The second-order valence-corrected chi connectivity index (χ2v) is 8.70. The molecule has 2 aromatic carbocycles. The third kappa shape index (κ3) is 3.54.